The van der Waals surface area contributed by atoms with E-state index in [0.717, 1.165) is 0 Å². The minimum atomic E-state index is -0.979. The van der Waals surface area contributed by atoms with Crippen LogP contribution in [0.15, 0.2) is 71.3 Å². The Kier molecular flexibility index (Phi) is 5.10. The molecule has 9 heteroatoms. The van der Waals surface area contributed by atoms with E-state index in [1.54, 1.807) is 42.6 Å². The zero-order chi connectivity index (χ0) is 23.1. The van der Waals surface area contributed by atoms with E-state index in [2.05, 4.69) is 9.97 Å². The minimum Gasteiger partial charge on any atom is -0.504 e. The molecule has 166 valence electrons. The number of aromatic nitrogens is 2. The summed E-state index contributed by atoms with van der Waals surface area (Å²) in [6.45, 7) is 2.10. The number of nitrogens with one attached hydrogen (secondary N) is 1. The first-order valence-electron chi connectivity index (χ1n) is 10.2. The highest BCUT2D eigenvalue weighted by Gasteiger charge is 2.46. The molecule has 2 aromatic carbocycles. The van der Waals surface area contributed by atoms with Gasteiger partial charge < -0.3 is 19.9 Å². The number of thiophene rings is 1. The molecule has 0 fully saturated rings. The molecule has 0 saturated carbocycles. The molecule has 0 aliphatic carbocycles. The van der Waals surface area contributed by atoms with Crippen LogP contribution in [0.2, 0.25) is 0 Å². The van der Waals surface area contributed by atoms with Crippen molar-refractivity contribution in [2.75, 3.05) is 11.5 Å². The highest BCUT2D eigenvalue weighted by Crippen LogP contribution is 2.43. The fraction of sp³-hybridized carbons (Fsp3) is 0.125. The lowest BCUT2D eigenvalue weighted by Crippen LogP contribution is -2.32. The largest absolute Gasteiger partial charge is 0.504 e. The third kappa shape index (κ3) is 3.42. The second-order valence-electron chi connectivity index (χ2n) is 7.38. The summed E-state index contributed by atoms with van der Waals surface area (Å²) >= 11 is 1.22. The highest BCUT2D eigenvalue weighted by molar-refractivity contribution is 7.12. The SMILES string of the molecule is CCOc1cc(C2C(C(=O)c3cccs3)=C(O)C(=O)N2c2nc3ccccc3[nH]2)ccc1O. The molecule has 1 amide bonds. The Morgan fingerprint density at radius 1 is 1.18 bits per heavy atom. The van der Waals surface area contributed by atoms with Crippen molar-refractivity contribution in [3.05, 3.63) is 81.8 Å². The van der Waals surface area contributed by atoms with Crippen molar-refractivity contribution in [2.24, 2.45) is 0 Å². The van der Waals surface area contributed by atoms with Gasteiger partial charge in [0.05, 0.1) is 34.1 Å². The maximum atomic E-state index is 13.4. The second-order valence-corrected chi connectivity index (χ2v) is 8.33. The van der Waals surface area contributed by atoms with Crippen LogP contribution in [0, 0.1) is 0 Å². The third-order valence-electron chi connectivity index (χ3n) is 5.40. The number of benzene rings is 2. The Morgan fingerprint density at radius 2 is 2.00 bits per heavy atom. The number of aliphatic hydroxyl groups excluding tert-OH is 1. The summed E-state index contributed by atoms with van der Waals surface area (Å²) in [7, 11) is 0. The van der Waals surface area contributed by atoms with Gasteiger partial charge in [-0.2, -0.15) is 0 Å². The van der Waals surface area contributed by atoms with E-state index < -0.39 is 23.5 Å². The summed E-state index contributed by atoms with van der Waals surface area (Å²) in [5.74, 6) is -1.50. The number of amides is 1. The fourth-order valence-electron chi connectivity index (χ4n) is 3.94. The van der Waals surface area contributed by atoms with Gasteiger partial charge in [-0.05, 0) is 48.2 Å². The first-order chi connectivity index (χ1) is 16.0. The van der Waals surface area contributed by atoms with Crippen LogP contribution in [0.4, 0.5) is 5.95 Å². The first-order valence-corrected chi connectivity index (χ1v) is 11.1. The number of carbonyl (C=O) groups is 2. The molecule has 3 heterocycles. The van der Waals surface area contributed by atoms with Crippen molar-refractivity contribution in [3.8, 4) is 11.5 Å². The number of nitrogens with zero attached hydrogens (tertiary/aromatic N) is 2. The number of H-pyrrole nitrogens is 1. The minimum absolute atomic E-state index is 0.0592. The quantitative estimate of drug-likeness (QED) is 0.364. The number of aromatic amines is 1. The Hall–Kier alpha value is -4.11. The molecule has 5 rings (SSSR count). The van der Waals surface area contributed by atoms with Gasteiger partial charge >= 0.3 is 0 Å². The number of aliphatic hydroxyl groups is 1. The van der Waals surface area contributed by atoms with Crippen LogP contribution in [0.5, 0.6) is 11.5 Å². The van der Waals surface area contributed by atoms with Gasteiger partial charge in [-0.15, -0.1) is 11.3 Å². The van der Waals surface area contributed by atoms with E-state index in [-0.39, 0.29) is 23.0 Å². The van der Waals surface area contributed by atoms with Crippen LogP contribution in [-0.2, 0) is 4.79 Å². The number of para-hydroxylation sites is 2. The van der Waals surface area contributed by atoms with Crippen LogP contribution >= 0.6 is 11.3 Å². The fourth-order valence-corrected chi connectivity index (χ4v) is 4.61. The molecule has 0 spiro atoms. The Balaban J connectivity index is 1.69. The van der Waals surface area contributed by atoms with Crippen LogP contribution in [0.1, 0.15) is 28.2 Å². The molecule has 8 nitrogen and oxygen atoms in total. The average molecular weight is 461 g/mol. The summed E-state index contributed by atoms with van der Waals surface area (Å²) in [5.41, 5.74) is 1.76. The molecular formula is C24H19N3O5S. The predicted octanol–water partition coefficient (Wildman–Crippen LogP) is 4.51. The van der Waals surface area contributed by atoms with Crippen LogP contribution in [-0.4, -0.2) is 38.5 Å². The number of ether oxygens (including phenoxy) is 1. The maximum absolute atomic E-state index is 13.4. The summed E-state index contributed by atoms with van der Waals surface area (Å²) in [6, 6.07) is 14.3. The molecule has 0 bridgehead atoms. The van der Waals surface area contributed by atoms with Gasteiger partial charge in [0.2, 0.25) is 11.7 Å². The lowest BCUT2D eigenvalue weighted by Gasteiger charge is -2.25. The Bertz CT molecular complexity index is 1370. The van der Waals surface area contributed by atoms with Crippen molar-refractivity contribution in [3.63, 3.8) is 0 Å². The van der Waals surface area contributed by atoms with Crippen LogP contribution < -0.4 is 9.64 Å². The molecular weight excluding hydrogens is 442 g/mol. The van der Waals surface area contributed by atoms with Crippen molar-refractivity contribution >= 4 is 40.0 Å². The molecule has 1 atom stereocenters. The molecule has 0 saturated heterocycles. The van der Waals surface area contributed by atoms with Crippen LogP contribution in [0.25, 0.3) is 11.0 Å². The number of phenols is 1. The summed E-state index contributed by atoms with van der Waals surface area (Å²) in [4.78, 5) is 35.9. The number of aromatic hydroxyl groups is 1. The number of Topliss-reactive ketones (excluding diaryl/α,β-unsaturated/α-hetero) is 1. The zero-order valence-corrected chi connectivity index (χ0v) is 18.3. The third-order valence-corrected chi connectivity index (χ3v) is 6.27. The number of hydrogen-bond acceptors (Lipinski definition) is 7. The molecule has 0 radical (unpaired) electrons. The molecule has 1 unspecified atom stereocenters. The van der Waals surface area contributed by atoms with E-state index in [1.807, 2.05) is 18.2 Å². The Morgan fingerprint density at radius 3 is 2.73 bits per heavy atom. The summed E-state index contributed by atoms with van der Waals surface area (Å²) in [6.07, 6.45) is 0. The van der Waals surface area contributed by atoms with E-state index in [9.17, 15) is 19.8 Å². The number of carbonyl (C=O) groups excluding carboxylic acids is 2. The highest BCUT2D eigenvalue weighted by atomic mass is 32.1. The van der Waals surface area contributed by atoms with E-state index >= 15 is 0 Å². The van der Waals surface area contributed by atoms with Gasteiger partial charge in [-0.1, -0.05) is 24.3 Å². The second kappa shape index (κ2) is 8.10. The average Bonchev–Trinajstić information content (AvgIpc) is 3.54. The number of fused-ring (bicyclic) bond motifs is 1. The number of phenolic OH excluding ortho intramolecular Hbond substituents is 1. The van der Waals surface area contributed by atoms with Crippen molar-refractivity contribution in [2.45, 2.75) is 13.0 Å². The van der Waals surface area contributed by atoms with Gasteiger partial charge in [0.25, 0.3) is 5.91 Å². The van der Waals surface area contributed by atoms with Crippen molar-refractivity contribution < 1.29 is 24.5 Å². The topological polar surface area (TPSA) is 116 Å². The standard InChI is InChI=1S/C24H19N3O5S/c1-2-32-17-12-13(9-10-16(17)28)20-19(21(29)18-8-5-11-33-18)22(30)23(31)27(20)24-25-14-6-3-4-7-15(14)26-24/h3-12,20,28,30H,2H2,1H3,(H,25,26). The molecule has 4 aromatic rings. The monoisotopic (exact) mass is 461 g/mol. The van der Waals surface area contributed by atoms with Crippen LogP contribution in [0.3, 0.4) is 0 Å². The van der Waals surface area contributed by atoms with Gasteiger partial charge in [0.15, 0.2) is 17.3 Å². The van der Waals surface area contributed by atoms with Gasteiger partial charge in [0, 0.05) is 0 Å². The molecule has 1 aliphatic heterocycles. The normalized spacial score (nSPS) is 16.1. The van der Waals surface area contributed by atoms with Crippen molar-refractivity contribution in [1.29, 1.82) is 0 Å². The number of rotatable bonds is 6. The first kappa shape index (κ1) is 20.8. The smallest absolute Gasteiger partial charge is 0.296 e. The number of ketones is 1. The molecule has 33 heavy (non-hydrogen) atoms. The van der Waals surface area contributed by atoms with E-state index in [4.69, 9.17) is 4.74 Å². The van der Waals surface area contributed by atoms with Gasteiger partial charge in [0.1, 0.15) is 0 Å². The number of imidazole rings is 1. The van der Waals surface area contributed by atoms with E-state index in [0.29, 0.717) is 28.1 Å². The zero-order valence-electron chi connectivity index (χ0n) is 17.5. The number of hydrogen-bond donors (Lipinski definition) is 3. The molecule has 1 aliphatic rings. The summed E-state index contributed by atoms with van der Waals surface area (Å²) < 4.78 is 5.51. The van der Waals surface area contributed by atoms with Gasteiger partial charge in [-0.25, -0.2) is 4.98 Å². The lowest BCUT2D eigenvalue weighted by atomic mass is 9.95. The molecule has 3 N–H and O–H groups in total. The molecule has 2 aromatic heterocycles. The summed E-state index contributed by atoms with van der Waals surface area (Å²) in [5, 5.41) is 22.8. The van der Waals surface area contributed by atoms with Crippen molar-refractivity contribution in [1.82, 2.24) is 9.97 Å². The predicted molar refractivity (Wildman–Crippen MR) is 124 cm³/mol. The Labute approximate surface area is 192 Å². The van der Waals surface area contributed by atoms with Gasteiger partial charge in [-0.3, -0.25) is 14.5 Å². The maximum Gasteiger partial charge on any atom is 0.296 e. The van der Waals surface area contributed by atoms with E-state index in [1.165, 1.54) is 22.3 Å². The lowest BCUT2D eigenvalue weighted by molar-refractivity contribution is -0.117. The number of anilines is 1.